The zero-order chi connectivity index (χ0) is 16.3. The summed E-state index contributed by atoms with van der Waals surface area (Å²) in [6.07, 6.45) is 3.47. The van der Waals surface area contributed by atoms with Gasteiger partial charge in [-0.3, -0.25) is 9.59 Å². The van der Waals surface area contributed by atoms with Gasteiger partial charge in [-0.2, -0.15) is 0 Å². The molecule has 0 aromatic carbocycles. The van der Waals surface area contributed by atoms with E-state index in [9.17, 15) is 14.7 Å². The highest BCUT2D eigenvalue weighted by Gasteiger charge is 2.33. The second-order valence-electron chi connectivity index (χ2n) is 7.70. The summed E-state index contributed by atoms with van der Waals surface area (Å²) in [6, 6.07) is 0. The molecule has 0 radical (unpaired) electrons. The van der Waals surface area contributed by atoms with Gasteiger partial charge >= 0.3 is 5.97 Å². The fourth-order valence-corrected chi connectivity index (χ4v) is 3.03. The molecule has 0 bridgehead atoms. The molecule has 0 aromatic rings. The van der Waals surface area contributed by atoms with Gasteiger partial charge in [0.1, 0.15) is 0 Å². The number of amides is 1. The van der Waals surface area contributed by atoms with Crippen LogP contribution in [0.5, 0.6) is 0 Å². The molecule has 0 saturated heterocycles. The smallest absolute Gasteiger partial charge is 0.306 e. The molecular formula is C16H29NO4. The predicted octanol–water partition coefficient (Wildman–Crippen LogP) is 2.18. The molecule has 5 heteroatoms. The molecule has 1 unspecified atom stereocenters. The maximum Gasteiger partial charge on any atom is 0.306 e. The Hall–Kier alpha value is -1.10. The van der Waals surface area contributed by atoms with Crippen molar-refractivity contribution in [2.75, 3.05) is 6.54 Å². The van der Waals surface area contributed by atoms with Crippen molar-refractivity contribution < 1.29 is 19.8 Å². The number of hydrogen-bond donors (Lipinski definition) is 3. The summed E-state index contributed by atoms with van der Waals surface area (Å²) in [6.45, 7) is 8.12. The van der Waals surface area contributed by atoms with Gasteiger partial charge in [-0.15, -0.1) is 0 Å². The zero-order valence-electron chi connectivity index (χ0n) is 13.6. The van der Waals surface area contributed by atoms with Crippen LogP contribution in [0.15, 0.2) is 0 Å². The minimum atomic E-state index is -1.40. The van der Waals surface area contributed by atoms with Crippen LogP contribution in [0.1, 0.15) is 59.8 Å². The maximum atomic E-state index is 12.1. The van der Waals surface area contributed by atoms with E-state index in [-0.39, 0.29) is 30.2 Å². The van der Waals surface area contributed by atoms with Gasteiger partial charge in [-0.25, -0.2) is 0 Å². The van der Waals surface area contributed by atoms with Gasteiger partial charge in [0.2, 0.25) is 5.91 Å². The van der Waals surface area contributed by atoms with Crippen molar-refractivity contribution in [2.24, 2.45) is 17.3 Å². The van der Waals surface area contributed by atoms with Crippen molar-refractivity contribution in [3.8, 4) is 0 Å². The molecule has 0 spiro atoms. The number of carbonyl (C=O) groups is 2. The molecule has 1 aliphatic rings. The van der Waals surface area contributed by atoms with Crippen molar-refractivity contribution in [2.45, 2.75) is 65.4 Å². The Morgan fingerprint density at radius 2 is 1.62 bits per heavy atom. The van der Waals surface area contributed by atoms with Crippen molar-refractivity contribution in [3.05, 3.63) is 0 Å². The first kappa shape index (κ1) is 18.0. The normalized spacial score (nSPS) is 26.0. The Labute approximate surface area is 127 Å². The van der Waals surface area contributed by atoms with E-state index in [0.29, 0.717) is 5.92 Å². The lowest BCUT2D eigenvalue weighted by atomic mass is 9.69. The van der Waals surface area contributed by atoms with Crippen LogP contribution in [0.2, 0.25) is 0 Å². The van der Waals surface area contributed by atoms with Gasteiger partial charge in [0.05, 0.1) is 12.0 Å². The molecule has 1 amide bonds. The van der Waals surface area contributed by atoms with Gasteiger partial charge in [0.25, 0.3) is 0 Å². The number of carboxylic acids is 1. The summed E-state index contributed by atoms with van der Waals surface area (Å²) in [7, 11) is 0. The zero-order valence-corrected chi connectivity index (χ0v) is 13.6. The Balaban J connectivity index is 2.40. The second kappa shape index (κ2) is 6.77. The topological polar surface area (TPSA) is 86.6 Å². The minimum absolute atomic E-state index is 0.00997. The van der Waals surface area contributed by atoms with Crippen LogP contribution in [-0.4, -0.2) is 34.2 Å². The Morgan fingerprint density at radius 3 is 2.05 bits per heavy atom. The molecule has 122 valence electrons. The first-order chi connectivity index (χ1) is 9.51. The van der Waals surface area contributed by atoms with E-state index >= 15 is 0 Å². The summed E-state index contributed by atoms with van der Waals surface area (Å²) < 4.78 is 0. The van der Waals surface area contributed by atoms with Gasteiger partial charge < -0.3 is 15.5 Å². The fraction of sp³-hybridized carbons (Fsp3) is 0.875. The molecule has 1 rings (SSSR count). The number of nitrogens with one attached hydrogen (secondary N) is 1. The molecule has 0 aromatic heterocycles. The SMILES string of the molecule is CC(O)(CNC(=O)C1CCC(C(C)(C)C)CC1)CC(=O)O. The Morgan fingerprint density at radius 1 is 1.10 bits per heavy atom. The largest absolute Gasteiger partial charge is 0.481 e. The average Bonchev–Trinajstić information content (AvgIpc) is 2.33. The highest BCUT2D eigenvalue weighted by Crippen LogP contribution is 2.39. The Bertz CT molecular complexity index is 376. The van der Waals surface area contributed by atoms with E-state index in [1.165, 1.54) is 6.92 Å². The molecule has 1 atom stereocenters. The van der Waals surface area contributed by atoms with Crippen LogP contribution < -0.4 is 5.32 Å². The maximum absolute atomic E-state index is 12.1. The molecule has 1 fully saturated rings. The predicted molar refractivity (Wildman–Crippen MR) is 80.8 cm³/mol. The number of aliphatic carboxylic acids is 1. The van der Waals surface area contributed by atoms with Crippen LogP contribution in [-0.2, 0) is 9.59 Å². The molecular weight excluding hydrogens is 270 g/mol. The lowest BCUT2D eigenvalue weighted by Crippen LogP contribution is -2.44. The second-order valence-corrected chi connectivity index (χ2v) is 7.70. The summed E-state index contributed by atoms with van der Waals surface area (Å²) >= 11 is 0. The lowest BCUT2D eigenvalue weighted by molar-refractivity contribution is -0.142. The van der Waals surface area contributed by atoms with Gasteiger partial charge in [-0.1, -0.05) is 20.8 Å². The number of carbonyl (C=O) groups excluding carboxylic acids is 1. The highest BCUT2D eigenvalue weighted by atomic mass is 16.4. The van der Waals surface area contributed by atoms with Gasteiger partial charge in [0, 0.05) is 12.5 Å². The minimum Gasteiger partial charge on any atom is -0.481 e. The molecule has 0 heterocycles. The van der Waals surface area contributed by atoms with Crippen molar-refractivity contribution in [1.82, 2.24) is 5.32 Å². The first-order valence-electron chi connectivity index (χ1n) is 7.73. The standard InChI is InChI=1S/C16H29NO4/c1-15(2,3)12-7-5-11(6-8-12)14(20)17-10-16(4,21)9-13(18)19/h11-12,21H,5-10H2,1-4H3,(H,17,20)(H,18,19). The quantitative estimate of drug-likeness (QED) is 0.726. The summed E-state index contributed by atoms with van der Waals surface area (Å²) in [5, 5.41) is 21.3. The van der Waals surface area contributed by atoms with E-state index in [0.717, 1.165) is 25.7 Å². The van der Waals surface area contributed by atoms with E-state index < -0.39 is 11.6 Å². The van der Waals surface area contributed by atoms with Crippen molar-refractivity contribution in [1.29, 1.82) is 0 Å². The fourth-order valence-electron chi connectivity index (χ4n) is 3.03. The highest BCUT2D eigenvalue weighted by molar-refractivity contribution is 5.79. The van der Waals surface area contributed by atoms with Gasteiger partial charge in [-0.05, 0) is 43.9 Å². The average molecular weight is 299 g/mol. The van der Waals surface area contributed by atoms with E-state index in [4.69, 9.17) is 5.11 Å². The molecule has 1 saturated carbocycles. The van der Waals surface area contributed by atoms with Crippen LogP contribution >= 0.6 is 0 Å². The number of rotatable bonds is 5. The summed E-state index contributed by atoms with van der Waals surface area (Å²) in [5.41, 5.74) is -1.11. The Kier molecular flexibility index (Phi) is 5.79. The number of hydrogen-bond acceptors (Lipinski definition) is 3. The van der Waals surface area contributed by atoms with E-state index in [1.807, 2.05) is 0 Å². The van der Waals surface area contributed by atoms with Crippen LogP contribution in [0, 0.1) is 17.3 Å². The van der Waals surface area contributed by atoms with Gasteiger partial charge in [0.15, 0.2) is 0 Å². The van der Waals surface area contributed by atoms with Crippen molar-refractivity contribution in [3.63, 3.8) is 0 Å². The summed E-state index contributed by atoms with van der Waals surface area (Å²) in [5.74, 6) is -0.492. The molecule has 5 nitrogen and oxygen atoms in total. The lowest BCUT2D eigenvalue weighted by Gasteiger charge is -2.36. The third-order valence-corrected chi connectivity index (χ3v) is 4.50. The molecule has 0 aliphatic heterocycles. The van der Waals surface area contributed by atoms with Crippen molar-refractivity contribution >= 4 is 11.9 Å². The monoisotopic (exact) mass is 299 g/mol. The third kappa shape index (κ3) is 6.04. The molecule has 1 aliphatic carbocycles. The van der Waals surface area contributed by atoms with E-state index in [2.05, 4.69) is 26.1 Å². The molecule has 21 heavy (non-hydrogen) atoms. The number of carboxylic acid groups (broad SMARTS) is 1. The third-order valence-electron chi connectivity index (χ3n) is 4.50. The van der Waals surface area contributed by atoms with E-state index in [1.54, 1.807) is 0 Å². The van der Waals surface area contributed by atoms with Crippen LogP contribution in [0.3, 0.4) is 0 Å². The first-order valence-corrected chi connectivity index (χ1v) is 7.73. The summed E-state index contributed by atoms with van der Waals surface area (Å²) in [4.78, 5) is 22.7. The van der Waals surface area contributed by atoms with Crippen LogP contribution in [0.4, 0.5) is 0 Å². The number of aliphatic hydroxyl groups is 1. The van der Waals surface area contributed by atoms with Crippen LogP contribution in [0.25, 0.3) is 0 Å². The molecule has 3 N–H and O–H groups in total.